The van der Waals surface area contributed by atoms with Gasteiger partial charge in [0, 0.05) is 0 Å². The third-order valence-corrected chi connectivity index (χ3v) is 0. The van der Waals surface area contributed by atoms with Gasteiger partial charge in [-0.1, -0.05) is 0 Å². The third-order valence-electron chi connectivity index (χ3n) is 0. The second-order valence-corrected chi connectivity index (χ2v) is 7.79. The van der Waals surface area contributed by atoms with Crippen LogP contribution in [0, 0.1) is 0 Å². The summed E-state index contributed by atoms with van der Waals surface area (Å²) in [5.74, 6) is 0. The summed E-state index contributed by atoms with van der Waals surface area (Å²) in [6, 6.07) is 0. The molecule has 0 unspecified atom stereocenters. The van der Waals surface area contributed by atoms with Gasteiger partial charge in [0.15, 0.2) is 0 Å². The molecule has 0 aromatic heterocycles. The predicted octanol–water partition coefficient (Wildman–Crippen LogP) is -3.66. The van der Waals surface area contributed by atoms with E-state index in [4.69, 9.17) is 40.5 Å². The molecule has 0 spiro atoms. The Balaban J connectivity index is -0.00000000623. The first kappa shape index (κ1) is 44.0. The maximum atomic E-state index is 8.73. The van der Waals surface area contributed by atoms with Crippen molar-refractivity contribution in [1.82, 2.24) is 0 Å². The Bertz CT molecular complexity index is 321. The molecular weight excluding hydrogens is 1210 g/mol. The molecule has 19 heteroatoms. The average molecular weight is 1220 g/mol. The van der Waals surface area contributed by atoms with Gasteiger partial charge in [0.2, 0.25) is 0 Å². The zero-order valence-corrected chi connectivity index (χ0v) is 32.1. The van der Waals surface area contributed by atoms with E-state index in [0.29, 0.717) is 0 Å². The van der Waals surface area contributed by atoms with Crippen LogP contribution in [0.2, 0.25) is 0 Å². The van der Waals surface area contributed by atoms with Crippen LogP contribution in [0.15, 0.2) is 0 Å². The van der Waals surface area contributed by atoms with Crippen molar-refractivity contribution in [3.63, 3.8) is 0 Å². The van der Waals surface area contributed by atoms with Crippen LogP contribution in [0.1, 0.15) is 8.56 Å². The molecular formula is H10Ba2MgO12Ta4. The second-order valence-electron chi connectivity index (χ2n) is 0.951. The SMILES string of the molecule is [Ba+2].[Ba+2].[H-].[H-].[H-].[H-].[H-].[H-].[Mg+2].[O]=[Ta](=[O])[OH].[O]=[Ta](=[O])[OH].[O]=[Ta](=[O])[OH].[O]=[Ta](=[O])[OH]. The minimum atomic E-state index is -4.09. The number of hydrogen-bond donors (Lipinski definition) is 4. The quantitative estimate of drug-likeness (QED) is 0.173. The van der Waals surface area contributed by atoms with E-state index in [2.05, 4.69) is 0 Å². The van der Waals surface area contributed by atoms with Gasteiger partial charge in [-0.05, 0) is 0 Å². The van der Waals surface area contributed by atoms with Crippen molar-refractivity contribution in [3.05, 3.63) is 0 Å². The van der Waals surface area contributed by atoms with Crippen molar-refractivity contribution >= 4 is 121 Å². The first-order valence-electron chi connectivity index (χ1n) is 2.26. The van der Waals surface area contributed by atoms with Crippen molar-refractivity contribution in [3.8, 4) is 0 Å². The maximum absolute atomic E-state index is 8.73. The van der Waals surface area contributed by atoms with E-state index < -0.39 is 75.1 Å². The van der Waals surface area contributed by atoms with Gasteiger partial charge in [-0.25, -0.2) is 0 Å². The van der Waals surface area contributed by atoms with Gasteiger partial charge in [0.1, 0.15) is 0 Å². The fraction of sp³-hybridized carbons (Fsp3) is 0. The predicted molar refractivity (Wildman–Crippen MR) is 38.3 cm³/mol. The van der Waals surface area contributed by atoms with Gasteiger partial charge >= 0.3 is 236 Å². The van der Waals surface area contributed by atoms with Crippen LogP contribution in [0.5, 0.6) is 0 Å². The summed E-state index contributed by atoms with van der Waals surface area (Å²) < 4.78 is 98.4. The summed E-state index contributed by atoms with van der Waals surface area (Å²) >= 11 is -16.4. The van der Waals surface area contributed by atoms with Gasteiger partial charge in [0.25, 0.3) is 0 Å². The van der Waals surface area contributed by atoms with Crippen LogP contribution in [0.25, 0.3) is 0 Å². The van der Waals surface area contributed by atoms with Crippen molar-refractivity contribution in [2.45, 2.75) is 0 Å². The van der Waals surface area contributed by atoms with E-state index in [1.165, 1.54) is 0 Å². The molecule has 0 aromatic rings. The summed E-state index contributed by atoms with van der Waals surface area (Å²) in [5.41, 5.74) is 0. The van der Waals surface area contributed by atoms with E-state index in [-0.39, 0.29) is 129 Å². The molecule has 0 saturated carbocycles. The third kappa shape index (κ3) is 394. The fourth-order valence-electron chi connectivity index (χ4n) is 0. The summed E-state index contributed by atoms with van der Waals surface area (Å²) in [5, 5.41) is 0. The first-order chi connectivity index (χ1) is 6.93. The van der Waals surface area contributed by atoms with Crippen LogP contribution in [-0.2, 0) is 101 Å². The number of rotatable bonds is 0. The topological polar surface area (TPSA) is 217 Å². The molecule has 0 heterocycles. The Morgan fingerprint density at radius 2 is 0.474 bits per heavy atom. The summed E-state index contributed by atoms with van der Waals surface area (Å²) in [6.07, 6.45) is 0. The molecule has 0 bridgehead atoms. The zero-order valence-electron chi connectivity index (χ0n) is 15.0. The molecule has 0 aliphatic rings. The minimum absolute atomic E-state index is 0. The molecule has 4 N–H and O–H groups in total. The molecule has 0 amide bonds. The van der Waals surface area contributed by atoms with Crippen LogP contribution in [-0.4, -0.2) is 135 Å². The Labute approximate surface area is 238 Å². The fourth-order valence-corrected chi connectivity index (χ4v) is 0. The summed E-state index contributed by atoms with van der Waals surface area (Å²) in [6.45, 7) is 0. The van der Waals surface area contributed by atoms with Crippen molar-refractivity contribution < 1.29 is 124 Å². The molecule has 0 fully saturated rings. The van der Waals surface area contributed by atoms with Crippen LogP contribution in [0.4, 0.5) is 0 Å². The molecule has 0 rings (SSSR count). The molecule has 19 heavy (non-hydrogen) atoms. The summed E-state index contributed by atoms with van der Waals surface area (Å²) in [7, 11) is 0. The molecule has 0 saturated heterocycles. The van der Waals surface area contributed by atoms with Crippen LogP contribution in [0.3, 0.4) is 0 Å². The van der Waals surface area contributed by atoms with E-state index in [0.717, 1.165) is 0 Å². The first-order valence-corrected chi connectivity index (χ1v) is 18.5. The van der Waals surface area contributed by atoms with E-state index in [1.807, 2.05) is 0 Å². The molecule has 108 valence electrons. The molecule has 0 aromatic carbocycles. The zero-order chi connectivity index (χ0) is 14.3. The van der Waals surface area contributed by atoms with E-state index >= 15 is 0 Å². The van der Waals surface area contributed by atoms with E-state index in [9.17, 15) is 0 Å². The van der Waals surface area contributed by atoms with Gasteiger partial charge in [-0.2, -0.15) is 0 Å². The van der Waals surface area contributed by atoms with Gasteiger partial charge < -0.3 is 8.56 Å². The van der Waals surface area contributed by atoms with Gasteiger partial charge in [0.05, 0.1) is 0 Å². The molecule has 0 aliphatic carbocycles. The Morgan fingerprint density at radius 1 is 0.474 bits per heavy atom. The van der Waals surface area contributed by atoms with Crippen molar-refractivity contribution in [2.24, 2.45) is 0 Å². The Kier molecular flexibility index (Phi) is 89.3. The molecule has 0 aliphatic heterocycles. The second kappa shape index (κ2) is 38.6. The van der Waals surface area contributed by atoms with Crippen LogP contribution >= 0.6 is 0 Å². The monoisotopic (exact) mass is 1230 g/mol. The molecule has 0 atom stereocenters. The van der Waals surface area contributed by atoms with Gasteiger partial charge in [-0.15, -0.1) is 0 Å². The standard InChI is InChI=1S/2Ba.Mg.4H2O.8O.4Ta.6H/h;;;4*1H2;;;;;;;;;;;;;;;;;;/q3*+2;;;;;;;;;;;;;4*+1;6*-1/p-4. The molecule has 0 radical (unpaired) electrons. The van der Waals surface area contributed by atoms with Crippen molar-refractivity contribution in [2.75, 3.05) is 0 Å². The van der Waals surface area contributed by atoms with Gasteiger partial charge in [-0.3, -0.25) is 0 Å². The molecule has 12 nitrogen and oxygen atoms in total. The van der Waals surface area contributed by atoms with Crippen molar-refractivity contribution in [1.29, 1.82) is 0 Å². The van der Waals surface area contributed by atoms with E-state index in [1.54, 1.807) is 0 Å². The summed E-state index contributed by atoms with van der Waals surface area (Å²) in [4.78, 5) is 0. The number of hydrogen-bond acceptors (Lipinski definition) is 8. The Morgan fingerprint density at radius 3 is 0.474 bits per heavy atom. The Hall–Kier alpha value is 5.11. The normalized spacial score (nSPS) is 5.26. The average Bonchev–Trinajstić information content (AvgIpc) is 1.76. The van der Waals surface area contributed by atoms with Crippen LogP contribution < -0.4 is 0 Å².